The Morgan fingerprint density at radius 1 is 0.541 bits per heavy atom. The number of hydrogen-bond acceptors (Lipinski definition) is 8. The quantitative estimate of drug-likeness (QED) is 0.0228. The Labute approximate surface area is 433 Å². The molecule has 0 aliphatic carbocycles. The number of amides is 4. The molecule has 0 radical (unpaired) electrons. The number of nitrogens with one attached hydrogen (secondary N) is 6. The maximum atomic E-state index is 14.3. The maximum absolute atomic E-state index is 14.3. The minimum absolute atomic E-state index is 0.0709. The van der Waals surface area contributed by atoms with Crippen LogP contribution in [0.3, 0.4) is 0 Å². The van der Waals surface area contributed by atoms with E-state index in [9.17, 15) is 19.2 Å². The number of aromatic nitrogens is 4. The molecule has 0 atom stereocenters. The molecule has 8 aromatic rings. The average Bonchev–Trinajstić information content (AvgIpc) is 3.94. The highest BCUT2D eigenvalue weighted by atomic mass is 16.2. The van der Waals surface area contributed by atoms with Crippen LogP contribution in [0, 0.1) is 0 Å². The summed E-state index contributed by atoms with van der Waals surface area (Å²) in [5.41, 5.74) is 9.54. The van der Waals surface area contributed by atoms with Gasteiger partial charge in [0.2, 0.25) is 16.9 Å². The Hall–Kier alpha value is -7.82. The lowest BCUT2D eigenvalue weighted by molar-refractivity contribution is -0.645. The highest BCUT2D eigenvalue weighted by molar-refractivity contribution is 6.05. The summed E-state index contributed by atoms with van der Waals surface area (Å²) in [6.07, 6.45) is 7.37. The molecule has 16 heteroatoms. The predicted molar refractivity (Wildman–Crippen MR) is 298 cm³/mol. The van der Waals surface area contributed by atoms with Crippen LogP contribution < -0.4 is 50.8 Å². The number of rotatable bonds is 22. The molecular formula is C58H72N12O4+2. The first-order chi connectivity index (χ1) is 35.7. The maximum Gasteiger partial charge on any atom is 0.501 e. The zero-order chi connectivity index (χ0) is 52.5. The monoisotopic (exact) mass is 1000 g/mol. The van der Waals surface area contributed by atoms with E-state index in [0.717, 1.165) is 89.4 Å². The Balaban J connectivity index is 0.772. The molecule has 4 amide bonds. The largest absolute Gasteiger partial charge is 0.501 e. The molecular weight excluding hydrogens is 929 g/mol. The van der Waals surface area contributed by atoms with Gasteiger partial charge < -0.3 is 45.5 Å². The topological polar surface area (TPSA) is 165 Å². The summed E-state index contributed by atoms with van der Waals surface area (Å²) in [6, 6.07) is 34.5. The van der Waals surface area contributed by atoms with Gasteiger partial charge >= 0.3 is 6.03 Å². The number of fused-ring (bicyclic) bond motifs is 4. The van der Waals surface area contributed by atoms with Gasteiger partial charge in [-0.25, -0.2) is 5.32 Å². The molecule has 4 aromatic heterocycles. The lowest BCUT2D eigenvalue weighted by Gasteiger charge is -2.15. The predicted octanol–water partition coefficient (Wildman–Crippen LogP) is 7.73. The van der Waals surface area contributed by atoms with E-state index in [1.54, 1.807) is 52.2 Å². The van der Waals surface area contributed by atoms with Crippen LogP contribution in [0.1, 0.15) is 77.0 Å². The smallest absolute Gasteiger partial charge is 0.377 e. The Kier molecular flexibility index (Phi) is 16.9. The third-order valence-electron chi connectivity index (χ3n) is 13.7. The second-order valence-corrected chi connectivity index (χ2v) is 19.6. The molecule has 0 unspecified atom stereocenters. The van der Waals surface area contributed by atoms with Gasteiger partial charge in [0, 0.05) is 132 Å². The van der Waals surface area contributed by atoms with Crippen molar-refractivity contribution in [2.24, 2.45) is 14.1 Å². The zero-order valence-electron chi connectivity index (χ0n) is 44.2. The minimum Gasteiger partial charge on any atom is -0.377 e. The molecule has 0 fully saturated rings. The van der Waals surface area contributed by atoms with Crippen LogP contribution in [-0.4, -0.2) is 88.3 Å². The summed E-state index contributed by atoms with van der Waals surface area (Å²) in [5, 5.41) is 22.7. The normalized spacial score (nSPS) is 11.4. The fraction of sp³-hybridized carbons (Fsp3) is 0.345. The number of carbonyl (C=O) groups is 4. The van der Waals surface area contributed by atoms with E-state index in [1.165, 1.54) is 21.8 Å². The van der Waals surface area contributed by atoms with Gasteiger partial charge in [0.15, 0.2) is 0 Å². The zero-order valence-corrected chi connectivity index (χ0v) is 44.2. The van der Waals surface area contributed by atoms with Crippen LogP contribution in [0.25, 0.3) is 43.6 Å². The highest BCUT2D eigenvalue weighted by Gasteiger charge is 2.25. The number of nitrogens with zero attached hydrogens (tertiary/aromatic N) is 6. The average molecular weight is 1000 g/mol. The van der Waals surface area contributed by atoms with Gasteiger partial charge in [-0.3, -0.25) is 14.4 Å². The molecule has 6 N–H and O–H groups in total. The van der Waals surface area contributed by atoms with E-state index >= 15 is 0 Å². The van der Waals surface area contributed by atoms with Gasteiger partial charge in [-0.2, -0.15) is 13.9 Å². The summed E-state index contributed by atoms with van der Waals surface area (Å²) in [4.78, 5) is 58.1. The van der Waals surface area contributed by atoms with Gasteiger partial charge in [-0.15, -0.1) is 0 Å². The van der Waals surface area contributed by atoms with Crippen LogP contribution in [0.2, 0.25) is 0 Å². The van der Waals surface area contributed by atoms with Crippen LogP contribution >= 0.6 is 0 Å². The van der Waals surface area contributed by atoms with Crippen molar-refractivity contribution < 1.29 is 28.3 Å². The van der Waals surface area contributed by atoms with Crippen molar-refractivity contribution in [1.29, 1.82) is 0 Å². The number of unbranched alkanes of at least 4 members (excludes halogenated alkanes) is 4. The molecule has 0 aliphatic heterocycles. The van der Waals surface area contributed by atoms with E-state index in [0.29, 0.717) is 55.5 Å². The SMILES string of the molecule is CNCc1ccc2cc3ccc(CNC)cc3[n+](C(=O)Nc3cc(C(=O)Nc4ccc(C(=O)NCCCCCNC(=O)CCCCC[n+]5c6cc(N(C)C)ccc6cc6ccc(N(C)C)cc65)n4C)n(C)c3)c2c1. The van der Waals surface area contributed by atoms with Gasteiger partial charge in [-0.1, -0.05) is 24.3 Å². The summed E-state index contributed by atoms with van der Waals surface area (Å²) in [7, 11) is 15.5. The van der Waals surface area contributed by atoms with Crippen LogP contribution in [0.4, 0.5) is 27.7 Å². The summed E-state index contributed by atoms with van der Waals surface area (Å²) >= 11 is 0. The minimum atomic E-state index is -0.396. The van der Waals surface area contributed by atoms with Gasteiger partial charge in [0.25, 0.3) is 11.8 Å². The molecule has 0 saturated heterocycles. The molecule has 4 aromatic carbocycles. The first kappa shape index (κ1) is 52.5. The fourth-order valence-electron chi connectivity index (χ4n) is 9.68. The van der Waals surface area contributed by atoms with Crippen molar-refractivity contribution in [3.8, 4) is 0 Å². The Morgan fingerprint density at radius 2 is 1.09 bits per heavy atom. The molecule has 386 valence electrons. The molecule has 0 spiro atoms. The number of hydrogen-bond donors (Lipinski definition) is 6. The first-order valence-corrected chi connectivity index (χ1v) is 25.7. The van der Waals surface area contributed by atoms with Gasteiger partial charge in [0.1, 0.15) is 40.5 Å². The van der Waals surface area contributed by atoms with Crippen molar-refractivity contribution >= 4 is 90.2 Å². The Morgan fingerprint density at radius 3 is 1.68 bits per heavy atom. The molecule has 4 heterocycles. The standard InChI is InChI=1S/C58H70N12O4/c1-59-36-39-16-18-43-32-44-19-17-40(37-60-2)30-52(44)70(51(43)29-39)58(74)63-45-33-53(67(7)38-45)57(73)64-54-25-24-48(68(54)8)56(72)62-27-13-10-12-26-61-55(71)15-11-9-14-28-69-49-34-46(65(3)4)22-20-41(49)31-42-21-23-47(66(5)6)35-50(42)69/h16-25,29-35,38,59-60H,9-15,26-28,36-37H2,1-8H3,(H2-2,61,62,63,64,71,72,73,74)/p+2. The van der Waals surface area contributed by atoms with E-state index in [-0.39, 0.29) is 17.8 Å². The van der Waals surface area contributed by atoms with Crippen molar-refractivity contribution in [3.63, 3.8) is 0 Å². The highest BCUT2D eigenvalue weighted by Crippen LogP contribution is 2.27. The summed E-state index contributed by atoms with van der Waals surface area (Å²) in [5.74, 6) is -0.123. The van der Waals surface area contributed by atoms with Crippen molar-refractivity contribution in [2.45, 2.75) is 64.6 Å². The number of aryl methyl sites for hydroxylation is 2. The third kappa shape index (κ3) is 12.2. The molecule has 0 bridgehead atoms. The molecule has 8 rings (SSSR count). The fourth-order valence-corrected chi connectivity index (χ4v) is 9.68. The van der Waals surface area contributed by atoms with Crippen LogP contribution in [0.5, 0.6) is 0 Å². The molecule has 0 saturated carbocycles. The second-order valence-electron chi connectivity index (χ2n) is 19.6. The molecule has 74 heavy (non-hydrogen) atoms. The number of carbonyl (C=O) groups excluding carboxylic acids is 4. The number of anilines is 4. The van der Waals surface area contributed by atoms with E-state index in [2.05, 4.69) is 135 Å². The number of benzene rings is 4. The van der Waals surface area contributed by atoms with E-state index in [1.807, 2.05) is 38.4 Å². The Bertz CT molecular complexity index is 3220. The van der Waals surface area contributed by atoms with Gasteiger partial charge in [-0.05, 0) is 118 Å². The van der Waals surface area contributed by atoms with Crippen LogP contribution in [-0.2, 0) is 38.5 Å². The van der Waals surface area contributed by atoms with E-state index in [4.69, 9.17) is 0 Å². The van der Waals surface area contributed by atoms with Crippen molar-refractivity contribution in [3.05, 3.63) is 132 Å². The van der Waals surface area contributed by atoms with Crippen molar-refractivity contribution in [2.75, 3.05) is 75.8 Å². The van der Waals surface area contributed by atoms with Crippen molar-refractivity contribution in [1.82, 2.24) is 30.4 Å². The van der Waals surface area contributed by atoms with Crippen LogP contribution in [0.15, 0.2) is 109 Å². The third-order valence-corrected chi connectivity index (χ3v) is 13.7. The van der Waals surface area contributed by atoms with Gasteiger partial charge in [0.05, 0.1) is 6.20 Å². The van der Waals surface area contributed by atoms with E-state index < -0.39 is 5.91 Å². The lowest BCUT2D eigenvalue weighted by Crippen LogP contribution is -2.47. The summed E-state index contributed by atoms with van der Waals surface area (Å²) < 4.78 is 7.44. The number of pyridine rings is 2. The molecule has 0 aliphatic rings. The second kappa shape index (κ2) is 23.8. The summed E-state index contributed by atoms with van der Waals surface area (Å²) in [6.45, 7) is 3.24. The lowest BCUT2D eigenvalue weighted by atomic mass is 10.1. The first-order valence-electron chi connectivity index (χ1n) is 25.7. The molecule has 16 nitrogen and oxygen atoms in total.